The first-order valence-electron chi connectivity index (χ1n) is 6.36. The maximum atomic E-state index is 12.9. The van der Waals surface area contributed by atoms with E-state index in [2.05, 4.69) is 6.58 Å². The standard InChI is InChI=1S/C16H10F3NOS/c1-2-15(21)20-11-5-3-4-6-13(11)22-14-8-7-10(9-12(14)20)16(17,18)19/h2-9H,1H2. The Morgan fingerprint density at radius 1 is 1.09 bits per heavy atom. The Kier molecular flexibility index (Phi) is 3.48. The number of fused-ring (bicyclic) bond motifs is 2. The summed E-state index contributed by atoms with van der Waals surface area (Å²) < 4.78 is 38.8. The van der Waals surface area contributed by atoms with Crippen LogP contribution in [0, 0.1) is 0 Å². The number of halogens is 3. The van der Waals surface area contributed by atoms with E-state index in [-0.39, 0.29) is 5.69 Å². The zero-order chi connectivity index (χ0) is 15.9. The minimum absolute atomic E-state index is 0.225. The summed E-state index contributed by atoms with van der Waals surface area (Å²) in [5.74, 6) is -0.465. The molecule has 0 saturated carbocycles. The summed E-state index contributed by atoms with van der Waals surface area (Å²) in [5.41, 5.74) is 0.000688. The van der Waals surface area contributed by atoms with E-state index in [0.717, 1.165) is 23.1 Å². The molecule has 1 aliphatic heterocycles. The van der Waals surface area contributed by atoms with Gasteiger partial charge in [0.05, 0.1) is 16.9 Å². The molecule has 0 unspecified atom stereocenters. The van der Waals surface area contributed by atoms with Crippen LogP contribution in [0.15, 0.2) is 64.9 Å². The largest absolute Gasteiger partial charge is 0.416 e. The summed E-state index contributed by atoms with van der Waals surface area (Å²) in [5, 5.41) is 0. The SMILES string of the molecule is C=CC(=O)N1c2ccccc2Sc2ccc(C(F)(F)F)cc21. The number of rotatable bonds is 1. The summed E-state index contributed by atoms with van der Waals surface area (Å²) in [6, 6.07) is 10.5. The number of carbonyl (C=O) groups is 1. The third-order valence-corrected chi connectivity index (χ3v) is 4.38. The molecule has 0 radical (unpaired) electrons. The molecule has 0 bridgehead atoms. The number of nitrogens with zero attached hydrogens (tertiary/aromatic N) is 1. The lowest BCUT2D eigenvalue weighted by atomic mass is 10.1. The Bertz CT molecular complexity index is 770. The Hall–Kier alpha value is -2.21. The average Bonchev–Trinajstić information content (AvgIpc) is 2.50. The lowest BCUT2D eigenvalue weighted by molar-refractivity contribution is -0.137. The zero-order valence-electron chi connectivity index (χ0n) is 11.2. The number of amides is 1. The summed E-state index contributed by atoms with van der Waals surface area (Å²) in [6.45, 7) is 3.43. The van der Waals surface area contributed by atoms with E-state index in [1.54, 1.807) is 12.1 Å². The summed E-state index contributed by atoms with van der Waals surface area (Å²) in [7, 11) is 0. The van der Waals surface area contributed by atoms with Crippen LogP contribution in [-0.4, -0.2) is 5.91 Å². The van der Waals surface area contributed by atoms with Crippen molar-refractivity contribution in [3.8, 4) is 0 Å². The van der Waals surface area contributed by atoms with E-state index in [4.69, 9.17) is 0 Å². The van der Waals surface area contributed by atoms with Gasteiger partial charge in [0, 0.05) is 9.79 Å². The number of para-hydroxylation sites is 1. The second-order valence-electron chi connectivity index (χ2n) is 4.63. The molecular formula is C16H10F3NOS. The van der Waals surface area contributed by atoms with Gasteiger partial charge < -0.3 is 0 Å². The van der Waals surface area contributed by atoms with E-state index in [0.29, 0.717) is 10.6 Å². The first-order chi connectivity index (χ1) is 10.4. The molecule has 112 valence electrons. The first-order valence-corrected chi connectivity index (χ1v) is 7.18. The van der Waals surface area contributed by atoms with Gasteiger partial charge in [0.15, 0.2) is 0 Å². The number of hydrogen-bond donors (Lipinski definition) is 0. The smallest absolute Gasteiger partial charge is 0.275 e. The third-order valence-electron chi connectivity index (χ3n) is 3.25. The Labute approximate surface area is 129 Å². The van der Waals surface area contributed by atoms with Crippen LogP contribution in [0.4, 0.5) is 24.5 Å². The van der Waals surface area contributed by atoms with E-state index >= 15 is 0 Å². The van der Waals surface area contributed by atoms with Crippen LogP contribution in [0.1, 0.15) is 5.56 Å². The van der Waals surface area contributed by atoms with Crippen molar-refractivity contribution in [3.05, 3.63) is 60.7 Å². The molecule has 0 aromatic heterocycles. The second-order valence-corrected chi connectivity index (χ2v) is 5.71. The molecule has 22 heavy (non-hydrogen) atoms. The molecule has 3 rings (SSSR count). The number of anilines is 2. The topological polar surface area (TPSA) is 20.3 Å². The second kappa shape index (κ2) is 5.21. The van der Waals surface area contributed by atoms with Gasteiger partial charge in [-0.25, -0.2) is 0 Å². The van der Waals surface area contributed by atoms with Crippen molar-refractivity contribution in [3.63, 3.8) is 0 Å². The van der Waals surface area contributed by atoms with Crippen molar-refractivity contribution in [2.45, 2.75) is 16.0 Å². The van der Waals surface area contributed by atoms with Crippen LogP contribution < -0.4 is 4.90 Å². The lowest BCUT2D eigenvalue weighted by Gasteiger charge is -2.30. The van der Waals surface area contributed by atoms with Gasteiger partial charge >= 0.3 is 6.18 Å². The molecule has 6 heteroatoms. The fourth-order valence-corrected chi connectivity index (χ4v) is 3.30. The van der Waals surface area contributed by atoms with Crippen molar-refractivity contribution in [2.75, 3.05) is 4.90 Å². The Morgan fingerprint density at radius 3 is 2.45 bits per heavy atom. The van der Waals surface area contributed by atoms with Crippen LogP contribution in [0.3, 0.4) is 0 Å². The molecule has 1 heterocycles. The third kappa shape index (κ3) is 2.39. The molecular weight excluding hydrogens is 311 g/mol. The van der Waals surface area contributed by atoms with E-state index < -0.39 is 17.6 Å². The van der Waals surface area contributed by atoms with Crippen molar-refractivity contribution < 1.29 is 18.0 Å². The predicted molar refractivity (Wildman–Crippen MR) is 79.4 cm³/mol. The van der Waals surface area contributed by atoms with Gasteiger partial charge in [0.2, 0.25) is 0 Å². The van der Waals surface area contributed by atoms with Gasteiger partial charge in [-0.2, -0.15) is 13.2 Å². The summed E-state index contributed by atoms with van der Waals surface area (Å²) in [6.07, 6.45) is -3.36. The van der Waals surface area contributed by atoms with Crippen molar-refractivity contribution >= 4 is 29.0 Å². The highest BCUT2D eigenvalue weighted by atomic mass is 32.2. The molecule has 0 atom stereocenters. The molecule has 2 aromatic rings. The monoisotopic (exact) mass is 321 g/mol. The van der Waals surface area contributed by atoms with Crippen molar-refractivity contribution in [1.29, 1.82) is 0 Å². The highest BCUT2D eigenvalue weighted by Crippen LogP contribution is 2.49. The minimum Gasteiger partial charge on any atom is -0.275 e. The van der Waals surface area contributed by atoms with E-state index in [1.807, 2.05) is 12.1 Å². The molecule has 0 aliphatic carbocycles. The molecule has 0 fully saturated rings. The minimum atomic E-state index is -4.46. The molecule has 0 saturated heterocycles. The maximum Gasteiger partial charge on any atom is 0.416 e. The van der Waals surface area contributed by atoms with Crippen LogP contribution in [0.25, 0.3) is 0 Å². The normalized spacial score (nSPS) is 13.3. The maximum absolute atomic E-state index is 12.9. The average molecular weight is 321 g/mol. The van der Waals surface area contributed by atoms with Crippen molar-refractivity contribution in [1.82, 2.24) is 0 Å². The Morgan fingerprint density at radius 2 is 1.77 bits per heavy atom. The van der Waals surface area contributed by atoms with Crippen LogP contribution in [0.2, 0.25) is 0 Å². The summed E-state index contributed by atoms with van der Waals surface area (Å²) in [4.78, 5) is 14.8. The van der Waals surface area contributed by atoms with Crippen molar-refractivity contribution in [2.24, 2.45) is 0 Å². The van der Waals surface area contributed by atoms with Crippen LogP contribution in [-0.2, 0) is 11.0 Å². The lowest BCUT2D eigenvalue weighted by Crippen LogP contribution is -2.27. The van der Waals surface area contributed by atoms with Gasteiger partial charge in [-0.05, 0) is 36.4 Å². The summed E-state index contributed by atoms with van der Waals surface area (Å²) >= 11 is 1.34. The molecule has 2 aromatic carbocycles. The number of hydrogen-bond acceptors (Lipinski definition) is 2. The molecule has 2 nitrogen and oxygen atoms in total. The number of benzene rings is 2. The predicted octanol–water partition coefficient (Wildman–Crippen LogP) is 5.02. The first kappa shape index (κ1) is 14.7. The number of alkyl halides is 3. The van der Waals surface area contributed by atoms with E-state index in [9.17, 15) is 18.0 Å². The fraction of sp³-hybridized carbons (Fsp3) is 0.0625. The quantitative estimate of drug-likeness (QED) is 0.687. The van der Waals surface area contributed by atoms with Gasteiger partial charge in [-0.15, -0.1) is 0 Å². The molecule has 1 amide bonds. The van der Waals surface area contributed by atoms with Gasteiger partial charge in [0.25, 0.3) is 5.91 Å². The molecule has 1 aliphatic rings. The van der Waals surface area contributed by atoms with Gasteiger partial charge in [0.1, 0.15) is 0 Å². The van der Waals surface area contributed by atoms with Crippen LogP contribution >= 0.6 is 11.8 Å². The van der Waals surface area contributed by atoms with Gasteiger partial charge in [-0.3, -0.25) is 9.69 Å². The number of carbonyl (C=O) groups excluding carboxylic acids is 1. The van der Waals surface area contributed by atoms with Crippen LogP contribution in [0.5, 0.6) is 0 Å². The highest BCUT2D eigenvalue weighted by Gasteiger charge is 2.34. The highest BCUT2D eigenvalue weighted by molar-refractivity contribution is 7.99. The van der Waals surface area contributed by atoms with Gasteiger partial charge in [-0.1, -0.05) is 30.5 Å². The fourth-order valence-electron chi connectivity index (χ4n) is 2.26. The Balaban J connectivity index is 2.21. The molecule has 0 N–H and O–H groups in total. The zero-order valence-corrected chi connectivity index (χ0v) is 12.0. The molecule has 0 spiro atoms. The van der Waals surface area contributed by atoms with E-state index in [1.165, 1.54) is 22.7 Å².